The van der Waals surface area contributed by atoms with Gasteiger partial charge in [0.15, 0.2) is 0 Å². The molecule has 0 unspecified atom stereocenters. The molecule has 0 aliphatic heterocycles. The summed E-state index contributed by atoms with van der Waals surface area (Å²) in [5, 5.41) is 5.23. The Labute approximate surface area is 128 Å². The van der Waals surface area contributed by atoms with E-state index >= 15 is 0 Å². The number of hydrogen-bond acceptors (Lipinski definition) is 2. The van der Waals surface area contributed by atoms with Crippen LogP contribution in [0.1, 0.15) is 11.1 Å². The Bertz CT molecular complexity index is 671. The van der Waals surface area contributed by atoms with Crippen molar-refractivity contribution in [2.45, 2.75) is 6.54 Å². The molecule has 0 radical (unpaired) electrons. The van der Waals surface area contributed by atoms with Crippen LogP contribution in [0.4, 0.5) is 9.18 Å². The Morgan fingerprint density at radius 1 is 1.23 bits per heavy atom. The highest BCUT2D eigenvalue weighted by molar-refractivity contribution is 5.75. The number of methoxy groups -OCH3 is 1. The minimum atomic E-state index is -0.358. The summed E-state index contributed by atoms with van der Waals surface area (Å²) in [6, 6.07) is 13.2. The van der Waals surface area contributed by atoms with Crippen LogP contribution in [0.5, 0.6) is 5.75 Å². The zero-order valence-electron chi connectivity index (χ0n) is 12.2. The third kappa shape index (κ3) is 4.94. The van der Waals surface area contributed by atoms with Gasteiger partial charge < -0.3 is 15.4 Å². The third-order valence-electron chi connectivity index (χ3n) is 2.93. The lowest BCUT2D eigenvalue weighted by Crippen LogP contribution is -2.31. The number of ether oxygens (including phenoxy) is 1. The van der Waals surface area contributed by atoms with Crippen LogP contribution in [0, 0.1) is 5.82 Å². The third-order valence-corrected chi connectivity index (χ3v) is 2.93. The van der Waals surface area contributed by atoms with Crippen LogP contribution in [-0.4, -0.2) is 13.1 Å². The first-order valence-electron chi connectivity index (χ1n) is 6.77. The van der Waals surface area contributed by atoms with Crippen LogP contribution in [0.2, 0.25) is 0 Å². The molecule has 0 atom stereocenters. The maximum atomic E-state index is 13.0. The summed E-state index contributed by atoms with van der Waals surface area (Å²) in [7, 11) is 1.60. The number of nitrogens with one attached hydrogen (secondary N) is 2. The largest absolute Gasteiger partial charge is 0.497 e. The van der Waals surface area contributed by atoms with E-state index < -0.39 is 0 Å². The van der Waals surface area contributed by atoms with E-state index in [9.17, 15) is 9.18 Å². The molecule has 2 amide bonds. The molecule has 2 rings (SSSR count). The molecule has 0 saturated heterocycles. The van der Waals surface area contributed by atoms with Crippen LogP contribution in [-0.2, 0) is 6.54 Å². The average Bonchev–Trinajstić information content (AvgIpc) is 2.53. The van der Waals surface area contributed by atoms with Gasteiger partial charge >= 0.3 is 6.03 Å². The van der Waals surface area contributed by atoms with Gasteiger partial charge in [-0.1, -0.05) is 24.3 Å². The fraction of sp³-hybridized carbons (Fsp3) is 0.118. The van der Waals surface area contributed by atoms with Crippen molar-refractivity contribution in [3.8, 4) is 5.75 Å². The van der Waals surface area contributed by atoms with Crippen molar-refractivity contribution < 1.29 is 13.9 Å². The van der Waals surface area contributed by atoms with E-state index in [1.165, 1.54) is 18.3 Å². The molecule has 4 nitrogen and oxygen atoms in total. The van der Waals surface area contributed by atoms with Gasteiger partial charge in [0.25, 0.3) is 0 Å². The van der Waals surface area contributed by atoms with E-state index in [-0.39, 0.29) is 18.4 Å². The van der Waals surface area contributed by atoms with Crippen molar-refractivity contribution in [3.63, 3.8) is 0 Å². The van der Waals surface area contributed by atoms with E-state index in [2.05, 4.69) is 10.6 Å². The van der Waals surface area contributed by atoms with Crippen LogP contribution in [0.15, 0.2) is 54.7 Å². The molecule has 5 heteroatoms. The Kier molecular flexibility index (Phi) is 5.54. The van der Waals surface area contributed by atoms with Crippen molar-refractivity contribution in [3.05, 3.63) is 71.7 Å². The fourth-order valence-electron chi connectivity index (χ4n) is 1.84. The first-order chi connectivity index (χ1) is 10.7. The average molecular weight is 300 g/mol. The van der Waals surface area contributed by atoms with Crippen LogP contribution in [0.25, 0.3) is 6.08 Å². The number of urea groups is 1. The number of halogens is 1. The second kappa shape index (κ2) is 7.83. The maximum Gasteiger partial charge on any atom is 0.319 e. The summed E-state index contributed by atoms with van der Waals surface area (Å²) in [5.41, 5.74) is 1.61. The molecule has 0 fully saturated rings. The molecule has 0 aliphatic rings. The molecular formula is C17H17FN2O2. The monoisotopic (exact) mass is 300 g/mol. The van der Waals surface area contributed by atoms with E-state index in [0.717, 1.165) is 11.3 Å². The van der Waals surface area contributed by atoms with Gasteiger partial charge in [0.2, 0.25) is 0 Å². The van der Waals surface area contributed by atoms with Gasteiger partial charge in [-0.05, 0) is 41.5 Å². The van der Waals surface area contributed by atoms with E-state index in [4.69, 9.17) is 4.74 Å². The van der Waals surface area contributed by atoms with E-state index in [1.54, 1.807) is 25.3 Å². The van der Waals surface area contributed by atoms with Crippen molar-refractivity contribution in [2.75, 3.05) is 7.11 Å². The predicted molar refractivity (Wildman–Crippen MR) is 83.8 cm³/mol. The van der Waals surface area contributed by atoms with Crippen molar-refractivity contribution >= 4 is 12.1 Å². The van der Waals surface area contributed by atoms with Gasteiger partial charge in [-0.25, -0.2) is 9.18 Å². The molecule has 114 valence electrons. The predicted octanol–water partition coefficient (Wildman–Crippen LogP) is 3.30. The summed E-state index contributed by atoms with van der Waals surface area (Å²) in [6.07, 6.45) is 3.29. The van der Waals surface area contributed by atoms with Gasteiger partial charge in [-0.15, -0.1) is 0 Å². The summed E-state index contributed by atoms with van der Waals surface area (Å²) in [6.45, 7) is 0.261. The Hall–Kier alpha value is -2.82. The summed E-state index contributed by atoms with van der Waals surface area (Å²) in [4.78, 5) is 11.6. The van der Waals surface area contributed by atoms with E-state index in [1.807, 2.05) is 24.3 Å². The minimum absolute atomic E-state index is 0.261. The number of carbonyl (C=O) groups excluding carboxylic acids is 1. The lowest BCUT2D eigenvalue weighted by atomic mass is 10.2. The molecule has 0 aliphatic carbocycles. The smallest absolute Gasteiger partial charge is 0.319 e. The van der Waals surface area contributed by atoms with Gasteiger partial charge in [-0.3, -0.25) is 0 Å². The summed E-state index contributed by atoms with van der Waals surface area (Å²) >= 11 is 0. The highest BCUT2D eigenvalue weighted by atomic mass is 19.1. The van der Waals surface area contributed by atoms with Gasteiger partial charge in [0.1, 0.15) is 11.6 Å². The molecule has 2 aromatic rings. The molecule has 22 heavy (non-hydrogen) atoms. The molecule has 2 aromatic carbocycles. The number of hydrogen-bond donors (Lipinski definition) is 2. The number of rotatable bonds is 5. The molecule has 0 spiro atoms. The lowest BCUT2D eigenvalue weighted by Gasteiger charge is -2.05. The van der Waals surface area contributed by atoms with Crippen molar-refractivity contribution in [1.82, 2.24) is 10.6 Å². The highest BCUT2D eigenvalue weighted by Crippen LogP contribution is 2.13. The fourth-order valence-corrected chi connectivity index (χ4v) is 1.84. The van der Waals surface area contributed by atoms with Crippen LogP contribution < -0.4 is 15.4 Å². The Morgan fingerprint density at radius 2 is 2.05 bits per heavy atom. The highest BCUT2D eigenvalue weighted by Gasteiger charge is 1.99. The topological polar surface area (TPSA) is 50.4 Å². The molecule has 2 N–H and O–H groups in total. The van der Waals surface area contributed by atoms with Gasteiger partial charge in [-0.2, -0.15) is 0 Å². The SMILES string of the molecule is COc1cccc(/C=C/NC(=O)NCc2cccc(F)c2)c1. The molecule has 0 saturated carbocycles. The van der Waals surface area contributed by atoms with Gasteiger partial charge in [0, 0.05) is 12.7 Å². The standard InChI is InChI=1S/C17H17FN2O2/c1-22-16-7-3-4-13(11-16)8-9-19-17(21)20-12-14-5-2-6-15(18)10-14/h2-11H,12H2,1H3,(H2,19,20,21)/b9-8+. The molecule has 0 aromatic heterocycles. The number of carbonyl (C=O) groups is 1. The van der Waals surface area contributed by atoms with E-state index in [0.29, 0.717) is 5.56 Å². The molecule has 0 bridgehead atoms. The molecular weight excluding hydrogens is 283 g/mol. The second-order valence-electron chi connectivity index (χ2n) is 4.57. The Morgan fingerprint density at radius 3 is 2.82 bits per heavy atom. The minimum Gasteiger partial charge on any atom is -0.497 e. The van der Waals surface area contributed by atoms with Crippen molar-refractivity contribution in [2.24, 2.45) is 0 Å². The number of amides is 2. The maximum absolute atomic E-state index is 13.0. The zero-order valence-corrected chi connectivity index (χ0v) is 12.2. The summed E-state index contributed by atoms with van der Waals surface area (Å²) in [5.74, 6) is 0.426. The first-order valence-corrected chi connectivity index (χ1v) is 6.77. The number of benzene rings is 2. The van der Waals surface area contributed by atoms with Crippen molar-refractivity contribution in [1.29, 1.82) is 0 Å². The summed E-state index contributed by atoms with van der Waals surface area (Å²) < 4.78 is 18.1. The second-order valence-corrected chi connectivity index (χ2v) is 4.57. The quantitative estimate of drug-likeness (QED) is 0.890. The normalized spacial score (nSPS) is 10.5. The lowest BCUT2D eigenvalue weighted by molar-refractivity contribution is 0.244. The zero-order chi connectivity index (χ0) is 15.8. The van der Waals surface area contributed by atoms with Crippen LogP contribution >= 0.6 is 0 Å². The van der Waals surface area contributed by atoms with Crippen LogP contribution in [0.3, 0.4) is 0 Å². The van der Waals surface area contributed by atoms with Gasteiger partial charge in [0.05, 0.1) is 7.11 Å². The Balaban J connectivity index is 1.81. The molecule has 0 heterocycles. The first kappa shape index (κ1) is 15.6.